The highest BCUT2D eigenvalue weighted by Crippen LogP contribution is 2.29. The Morgan fingerprint density at radius 3 is 2.83 bits per heavy atom. The van der Waals surface area contributed by atoms with Crippen LogP contribution in [0.4, 0.5) is 4.39 Å². The normalized spacial score (nSPS) is 13.1. The minimum absolute atomic E-state index is 0.151. The third-order valence-corrected chi connectivity index (χ3v) is 3.70. The topological polar surface area (TPSA) is 15.8 Å². The molecule has 1 atom stereocenters. The van der Waals surface area contributed by atoms with E-state index in [1.165, 1.54) is 43.7 Å². The average molecular weight is 247 g/mol. The van der Waals surface area contributed by atoms with Crippen molar-refractivity contribution < 1.29 is 4.39 Å². The van der Waals surface area contributed by atoms with Crippen LogP contribution >= 0.6 is 0 Å². The van der Waals surface area contributed by atoms with E-state index in [1.54, 1.807) is 6.07 Å². The van der Waals surface area contributed by atoms with Gasteiger partial charge >= 0.3 is 0 Å². The van der Waals surface area contributed by atoms with Gasteiger partial charge in [-0.2, -0.15) is 0 Å². The van der Waals surface area contributed by atoms with Gasteiger partial charge in [-0.15, -0.1) is 0 Å². The molecule has 1 aromatic heterocycles. The Kier molecular flexibility index (Phi) is 4.40. The monoisotopic (exact) mass is 247 g/mol. The predicted octanol–water partition coefficient (Wildman–Crippen LogP) is 5.38. The lowest BCUT2D eigenvalue weighted by molar-refractivity contribution is 0.581. The molecule has 1 nitrogen and oxygen atoms in total. The summed E-state index contributed by atoms with van der Waals surface area (Å²) in [5.74, 6) is 0.346. The molecule has 0 aliphatic carbocycles. The minimum atomic E-state index is -0.151. The van der Waals surface area contributed by atoms with Crippen LogP contribution < -0.4 is 0 Å². The summed E-state index contributed by atoms with van der Waals surface area (Å²) < 4.78 is 13.3. The molecular weight excluding hydrogens is 225 g/mol. The van der Waals surface area contributed by atoms with E-state index in [0.717, 1.165) is 10.9 Å². The summed E-state index contributed by atoms with van der Waals surface area (Å²) in [4.78, 5) is 3.23. The molecule has 0 saturated heterocycles. The summed E-state index contributed by atoms with van der Waals surface area (Å²) >= 11 is 0. The van der Waals surface area contributed by atoms with Crippen LogP contribution in [0.25, 0.3) is 10.9 Å². The molecule has 1 heterocycles. The second-order valence-electron chi connectivity index (χ2n) is 5.18. The molecule has 0 spiro atoms. The Morgan fingerprint density at radius 1 is 1.22 bits per heavy atom. The van der Waals surface area contributed by atoms with Gasteiger partial charge in [0.1, 0.15) is 5.82 Å². The third-order valence-electron chi connectivity index (χ3n) is 3.70. The number of benzene rings is 1. The Bertz CT molecular complexity index is 501. The second-order valence-corrected chi connectivity index (χ2v) is 5.18. The lowest BCUT2D eigenvalue weighted by Gasteiger charge is -2.10. The zero-order valence-electron chi connectivity index (χ0n) is 11.3. The van der Waals surface area contributed by atoms with Gasteiger partial charge in [-0.1, -0.05) is 39.5 Å². The highest BCUT2D eigenvalue weighted by Gasteiger charge is 2.11. The van der Waals surface area contributed by atoms with Crippen LogP contribution in [0.1, 0.15) is 57.4 Å². The molecule has 2 heteroatoms. The highest BCUT2D eigenvalue weighted by atomic mass is 19.1. The maximum absolute atomic E-state index is 13.3. The third kappa shape index (κ3) is 2.92. The SMILES string of the molecule is CCCCCCC(C)c1c[nH]c2ccc(F)cc12. The molecule has 0 aliphatic heterocycles. The molecule has 0 fully saturated rings. The summed E-state index contributed by atoms with van der Waals surface area (Å²) in [6.07, 6.45) is 8.37. The van der Waals surface area contributed by atoms with Crippen LogP contribution in [0, 0.1) is 5.82 Å². The molecule has 18 heavy (non-hydrogen) atoms. The molecule has 0 aliphatic rings. The summed E-state index contributed by atoms with van der Waals surface area (Å²) in [7, 11) is 0. The summed E-state index contributed by atoms with van der Waals surface area (Å²) in [6.45, 7) is 4.46. The number of rotatable bonds is 6. The Balaban J connectivity index is 2.07. The van der Waals surface area contributed by atoms with Crippen LogP contribution in [0.15, 0.2) is 24.4 Å². The van der Waals surface area contributed by atoms with E-state index >= 15 is 0 Å². The van der Waals surface area contributed by atoms with Crippen LogP contribution in [0.5, 0.6) is 0 Å². The number of fused-ring (bicyclic) bond motifs is 1. The molecule has 0 radical (unpaired) electrons. The van der Waals surface area contributed by atoms with E-state index in [0.29, 0.717) is 5.92 Å². The smallest absolute Gasteiger partial charge is 0.123 e. The Labute approximate surface area is 108 Å². The Morgan fingerprint density at radius 2 is 2.06 bits per heavy atom. The van der Waals surface area contributed by atoms with Gasteiger partial charge < -0.3 is 4.98 Å². The largest absolute Gasteiger partial charge is 0.361 e. The van der Waals surface area contributed by atoms with Crippen LogP contribution in [0.3, 0.4) is 0 Å². The molecule has 2 rings (SSSR count). The summed E-state index contributed by atoms with van der Waals surface area (Å²) in [5, 5.41) is 1.04. The molecule has 1 unspecified atom stereocenters. The van der Waals surface area contributed by atoms with E-state index in [2.05, 4.69) is 18.8 Å². The Hall–Kier alpha value is -1.31. The van der Waals surface area contributed by atoms with Gasteiger partial charge in [0.25, 0.3) is 0 Å². The van der Waals surface area contributed by atoms with Crippen molar-refractivity contribution in [1.82, 2.24) is 4.98 Å². The van der Waals surface area contributed by atoms with Gasteiger partial charge in [-0.3, -0.25) is 0 Å². The van der Waals surface area contributed by atoms with Crippen molar-refractivity contribution in [3.8, 4) is 0 Å². The van der Waals surface area contributed by atoms with Crippen LogP contribution in [0.2, 0.25) is 0 Å². The number of hydrogen-bond acceptors (Lipinski definition) is 0. The van der Waals surface area contributed by atoms with Crippen molar-refractivity contribution in [2.45, 2.75) is 51.9 Å². The first-order valence-corrected chi connectivity index (χ1v) is 6.99. The zero-order valence-corrected chi connectivity index (χ0v) is 11.3. The van der Waals surface area contributed by atoms with Gasteiger partial charge in [0.15, 0.2) is 0 Å². The molecule has 0 bridgehead atoms. The van der Waals surface area contributed by atoms with Gasteiger partial charge in [0, 0.05) is 17.1 Å². The number of aromatic nitrogens is 1. The minimum Gasteiger partial charge on any atom is -0.361 e. The number of H-pyrrole nitrogens is 1. The number of unbranched alkanes of at least 4 members (excludes halogenated alkanes) is 3. The van der Waals surface area contributed by atoms with Crippen molar-refractivity contribution >= 4 is 10.9 Å². The second kappa shape index (κ2) is 6.03. The fraction of sp³-hybridized carbons (Fsp3) is 0.500. The average Bonchev–Trinajstić information content (AvgIpc) is 2.77. The van der Waals surface area contributed by atoms with Gasteiger partial charge in [0.2, 0.25) is 0 Å². The fourth-order valence-corrected chi connectivity index (χ4v) is 2.55. The van der Waals surface area contributed by atoms with Gasteiger partial charge in [0.05, 0.1) is 0 Å². The molecule has 2 aromatic rings. The molecular formula is C16H22FN. The van der Waals surface area contributed by atoms with E-state index < -0.39 is 0 Å². The maximum atomic E-state index is 13.3. The van der Waals surface area contributed by atoms with Gasteiger partial charge in [-0.25, -0.2) is 4.39 Å². The van der Waals surface area contributed by atoms with E-state index in [4.69, 9.17) is 0 Å². The van der Waals surface area contributed by atoms with Crippen molar-refractivity contribution in [1.29, 1.82) is 0 Å². The lowest BCUT2D eigenvalue weighted by atomic mass is 9.94. The number of nitrogens with one attached hydrogen (secondary N) is 1. The highest BCUT2D eigenvalue weighted by molar-refractivity contribution is 5.83. The first-order chi connectivity index (χ1) is 8.72. The fourth-order valence-electron chi connectivity index (χ4n) is 2.55. The first kappa shape index (κ1) is 13.1. The molecule has 98 valence electrons. The van der Waals surface area contributed by atoms with Gasteiger partial charge in [-0.05, 0) is 36.1 Å². The van der Waals surface area contributed by atoms with Crippen LogP contribution in [-0.4, -0.2) is 4.98 Å². The van der Waals surface area contributed by atoms with Crippen molar-refractivity contribution in [2.24, 2.45) is 0 Å². The van der Waals surface area contributed by atoms with Crippen LogP contribution in [-0.2, 0) is 0 Å². The zero-order chi connectivity index (χ0) is 13.0. The van der Waals surface area contributed by atoms with E-state index in [-0.39, 0.29) is 5.82 Å². The first-order valence-electron chi connectivity index (χ1n) is 6.99. The molecule has 1 aromatic carbocycles. The molecule has 0 saturated carbocycles. The standard InChI is InChI=1S/C16H22FN/c1-3-4-5-6-7-12(2)15-11-18-16-9-8-13(17)10-14(15)16/h8-12,18H,3-7H2,1-2H3. The molecule has 0 amide bonds. The number of hydrogen-bond donors (Lipinski definition) is 1. The van der Waals surface area contributed by atoms with Crippen molar-refractivity contribution in [2.75, 3.05) is 0 Å². The maximum Gasteiger partial charge on any atom is 0.123 e. The van der Waals surface area contributed by atoms with E-state index in [1.807, 2.05) is 12.3 Å². The van der Waals surface area contributed by atoms with E-state index in [9.17, 15) is 4.39 Å². The molecule has 1 N–H and O–H groups in total. The quantitative estimate of drug-likeness (QED) is 0.659. The summed E-state index contributed by atoms with van der Waals surface area (Å²) in [6, 6.07) is 4.97. The lowest BCUT2D eigenvalue weighted by Crippen LogP contribution is -1.92. The number of aromatic amines is 1. The predicted molar refractivity (Wildman–Crippen MR) is 75.4 cm³/mol. The number of halogens is 1. The summed E-state index contributed by atoms with van der Waals surface area (Å²) in [5.41, 5.74) is 2.29. The van der Waals surface area contributed by atoms with Crippen molar-refractivity contribution in [3.05, 3.63) is 35.8 Å². The van der Waals surface area contributed by atoms with Crippen molar-refractivity contribution in [3.63, 3.8) is 0 Å².